The molecule has 0 atom stereocenters. The molecule has 1 heterocycles. The fourth-order valence-electron chi connectivity index (χ4n) is 3.54. The van der Waals surface area contributed by atoms with E-state index in [1.54, 1.807) is 35.2 Å². The second-order valence-corrected chi connectivity index (χ2v) is 7.72. The van der Waals surface area contributed by atoms with Gasteiger partial charge in [0.1, 0.15) is 19.0 Å². The lowest BCUT2D eigenvalue weighted by Crippen LogP contribution is -2.35. The van der Waals surface area contributed by atoms with Crippen molar-refractivity contribution in [2.24, 2.45) is 5.73 Å². The Hall–Kier alpha value is -4.26. The van der Waals surface area contributed by atoms with E-state index in [9.17, 15) is 9.59 Å². The van der Waals surface area contributed by atoms with Crippen LogP contribution in [-0.4, -0.2) is 38.2 Å². The standard InChI is InChI=1S/C27H26N2O5/c28-26(30)17-21-8-11-23(12-9-21)34-19-27(31)29(14-4-7-20-5-2-1-3-6-20)22-10-13-24-25(18-22)33-16-15-32-24/h1-13,18H,14-17,19H2,(H2,28,30)/b7-4+. The molecule has 0 unspecified atom stereocenters. The Morgan fingerprint density at radius 1 is 0.941 bits per heavy atom. The first-order chi connectivity index (χ1) is 16.6. The quantitative estimate of drug-likeness (QED) is 0.529. The molecule has 0 fully saturated rings. The van der Waals surface area contributed by atoms with Gasteiger partial charge in [-0.2, -0.15) is 0 Å². The number of benzene rings is 3. The van der Waals surface area contributed by atoms with Crippen LogP contribution in [-0.2, 0) is 16.0 Å². The maximum absolute atomic E-state index is 13.2. The van der Waals surface area contributed by atoms with Crippen LogP contribution in [0.2, 0.25) is 0 Å². The fourth-order valence-corrected chi connectivity index (χ4v) is 3.54. The average Bonchev–Trinajstić information content (AvgIpc) is 2.86. The predicted octanol–water partition coefficient (Wildman–Crippen LogP) is 3.61. The van der Waals surface area contributed by atoms with Gasteiger partial charge in [-0.25, -0.2) is 0 Å². The van der Waals surface area contributed by atoms with Gasteiger partial charge in [-0.15, -0.1) is 0 Å². The highest BCUT2D eigenvalue weighted by molar-refractivity contribution is 5.95. The van der Waals surface area contributed by atoms with Gasteiger partial charge >= 0.3 is 0 Å². The van der Waals surface area contributed by atoms with Crippen LogP contribution < -0.4 is 24.8 Å². The van der Waals surface area contributed by atoms with Gasteiger partial charge in [0.05, 0.1) is 6.42 Å². The lowest BCUT2D eigenvalue weighted by atomic mass is 10.1. The molecule has 0 bridgehead atoms. The van der Waals surface area contributed by atoms with Crippen LogP contribution in [0.1, 0.15) is 11.1 Å². The smallest absolute Gasteiger partial charge is 0.265 e. The summed E-state index contributed by atoms with van der Waals surface area (Å²) in [6, 6.07) is 22.3. The first kappa shape index (κ1) is 22.9. The van der Waals surface area contributed by atoms with Gasteiger partial charge in [-0.1, -0.05) is 54.6 Å². The van der Waals surface area contributed by atoms with Crippen molar-refractivity contribution in [3.63, 3.8) is 0 Å². The number of nitrogens with two attached hydrogens (primary N) is 1. The van der Waals surface area contributed by atoms with E-state index >= 15 is 0 Å². The van der Waals surface area contributed by atoms with Crippen molar-refractivity contribution in [3.05, 3.63) is 90.0 Å². The molecule has 4 rings (SSSR count). The summed E-state index contributed by atoms with van der Waals surface area (Å²) in [5, 5.41) is 0. The zero-order valence-corrected chi connectivity index (χ0v) is 18.7. The van der Waals surface area contributed by atoms with Crippen LogP contribution in [0.3, 0.4) is 0 Å². The van der Waals surface area contributed by atoms with E-state index in [1.807, 2.05) is 54.6 Å². The molecule has 1 aliphatic heterocycles. The molecule has 3 aromatic rings. The SMILES string of the molecule is NC(=O)Cc1ccc(OCC(=O)N(C/C=C/c2ccccc2)c2ccc3c(c2)OCCO3)cc1. The summed E-state index contributed by atoms with van der Waals surface area (Å²) >= 11 is 0. The van der Waals surface area contributed by atoms with E-state index in [-0.39, 0.29) is 18.9 Å². The van der Waals surface area contributed by atoms with Crippen molar-refractivity contribution in [2.45, 2.75) is 6.42 Å². The molecule has 7 nitrogen and oxygen atoms in total. The van der Waals surface area contributed by atoms with E-state index < -0.39 is 5.91 Å². The normalized spacial score (nSPS) is 12.4. The van der Waals surface area contributed by atoms with Crippen LogP contribution in [0.15, 0.2) is 78.9 Å². The number of ether oxygens (including phenoxy) is 3. The number of hydrogen-bond acceptors (Lipinski definition) is 5. The third kappa shape index (κ3) is 6.16. The molecule has 0 radical (unpaired) electrons. The molecule has 0 aromatic heterocycles. The number of rotatable bonds is 9. The zero-order valence-electron chi connectivity index (χ0n) is 18.7. The molecule has 174 valence electrons. The second-order valence-electron chi connectivity index (χ2n) is 7.72. The number of amides is 2. The fraction of sp³-hybridized carbons (Fsp3) is 0.185. The Labute approximate surface area is 198 Å². The average molecular weight is 459 g/mol. The molecule has 7 heteroatoms. The minimum atomic E-state index is -0.400. The zero-order chi connectivity index (χ0) is 23.8. The first-order valence-corrected chi connectivity index (χ1v) is 11.0. The third-order valence-corrected chi connectivity index (χ3v) is 5.20. The Balaban J connectivity index is 1.48. The van der Waals surface area contributed by atoms with Crippen LogP contribution in [0.4, 0.5) is 5.69 Å². The Morgan fingerprint density at radius 3 is 2.41 bits per heavy atom. The maximum Gasteiger partial charge on any atom is 0.265 e. The summed E-state index contributed by atoms with van der Waals surface area (Å²) < 4.78 is 17.0. The summed E-state index contributed by atoms with van der Waals surface area (Å²) in [6.07, 6.45) is 4.06. The molecule has 3 aromatic carbocycles. The lowest BCUT2D eigenvalue weighted by Gasteiger charge is -2.24. The summed E-state index contributed by atoms with van der Waals surface area (Å²) in [5.41, 5.74) is 7.75. The third-order valence-electron chi connectivity index (χ3n) is 5.20. The molecule has 0 aliphatic carbocycles. The molecular weight excluding hydrogens is 432 g/mol. The summed E-state index contributed by atoms with van der Waals surface area (Å²) in [4.78, 5) is 25.9. The number of carbonyl (C=O) groups is 2. The summed E-state index contributed by atoms with van der Waals surface area (Å²) in [6.45, 7) is 1.17. The second kappa shape index (κ2) is 11.0. The van der Waals surface area contributed by atoms with Gasteiger partial charge in [-0.05, 0) is 35.4 Å². The van der Waals surface area contributed by atoms with Gasteiger partial charge < -0.3 is 24.8 Å². The van der Waals surface area contributed by atoms with Gasteiger partial charge in [0.15, 0.2) is 18.1 Å². The van der Waals surface area contributed by atoms with Crippen molar-refractivity contribution < 1.29 is 23.8 Å². The molecule has 0 saturated heterocycles. The molecule has 2 amide bonds. The molecule has 0 spiro atoms. The van der Waals surface area contributed by atoms with Crippen molar-refractivity contribution >= 4 is 23.6 Å². The molecular formula is C27H26N2O5. The molecule has 0 saturated carbocycles. The van der Waals surface area contributed by atoms with Crippen molar-refractivity contribution in [1.82, 2.24) is 0 Å². The highest BCUT2D eigenvalue weighted by Gasteiger charge is 2.19. The van der Waals surface area contributed by atoms with Crippen molar-refractivity contribution in [2.75, 3.05) is 31.3 Å². The lowest BCUT2D eigenvalue weighted by molar-refractivity contribution is -0.120. The Morgan fingerprint density at radius 2 is 1.68 bits per heavy atom. The molecule has 2 N–H and O–H groups in total. The van der Waals surface area contributed by atoms with E-state index in [4.69, 9.17) is 19.9 Å². The van der Waals surface area contributed by atoms with Gasteiger partial charge in [-0.3, -0.25) is 9.59 Å². The highest BCUT2D eigenvalue weighted by Crippen LogP contribution is 2.34. The van der Waals surface area contributed by atoms with Crippen LogP contribution in [0.25, 0.3) is 6.08 Å². The number of hydrogen-bond donors (Lipinski definition) is 1. The van der Waals surface area contributed by atoms with Crippen LogP contribution in [0.5, 0.6) is 17.2 Å². The minimum Gasteiger partial charge on any atom is -0.486 e. The summed E-state index contributed by atoms with van der Waals surface area (Å²) in [5.74, 6) is 1.19. The van der Waals surface area contributed by atoms with Gasteiger partial charge in [0.2, 0.25) is 5.91 Å². The number of carbonyl (C=O) groups excluding carboxylic acids is 2. The molecule has 34 heavy (non-hydrogen) atoms. The van der Waals surface area contributed by atoms with Crippen molar-refractivity contribution in [1.29, 1.82) is 0 Å². The predicted molar refractivity (Wildman–Crippen MR) is 130 cm³/mol. The number of nitrogens with zero attached hydrogens (tertiary/aromatic N) is 1. The van der Waals surface area contributed by atoms with Gasteiger partial charge in [0, 0.05) is 18.3 Å². The number of fused-ring (bicyclic) bond motifs is 1. The summed E-state index contributed by atoms with van der Waals surface area (Å²) in [7, 11) is 0. The van der Waals surface area contributed by atoms with Gasteiger partial charge in [0.25, 0.3) is 5.91 Å². The Kier molecular flexibility index (Phi) is 7.45. The molecule has 1 aliphatic rings. The van der Waals surface area contributed by atoms with E-state index in [0.29, 0.717) is 42.7 Å². The minimum absolute atomic E-state index is 0.150. The topological polar surface area (TPSA) is 91.1 Å². The van der Waals surface area contributed by atoms with Crippen LogP contribution >= 0.6 is 0 Å². The van der Waals surface area contributed by atoms with E-state index in [2.05, 4.69) is 0 Å². The number of primary amides is 1. The van der Waals surface area contributed by atoms with Crippen molar-refractivity contribution in [3.8, 4) is 17.2 Å². The number of anilines is 1. The highest BCUT2D eigenvalue weighted by atomic mass is 16.6. The van der Waals surface area contributed by atoms with E-state index in [1.165, 1.54) is 0 Å². The largest absolute Gasteiger partial charge is 0.486 e. The monoisotopic (exact) mass is 458 g/mol. The first-order valence-electron chi connectivity index (χ1n) is 11.0. The van der Waals surface area contributed by atoms with Crippen LogP contribution in [0, 0.1) is 0 Å². The Bertz CT molecular complexity index is 1160. The maximum atomic E-state index is 13.2. The van der Waals surface area contributed by atoms with E-state index in [0.717, 1.165) is 11.1 Å².